The molecule has 0 aromatic carbocycles. The zero-order valence-corrected chi connectivity index (χ0v) is 5.48. The van der Waals surface area contributed by atoms with Crippen LogP contribution in [0.2, 0.25) is 0 Å². The Labute approximate surface area is 58.1 Å². The number of carbonyl (C=O) groups excluding carboxylic acids is 1. The van der Waals surface area contributed by atoms with Crippen LogP contribution in [0, 0.1) is 0 Å². The van der Waals surface area contributed by atoms with Crippen LogP contribution in [0.5, 0.6) is 0 Å². The Morgan fingerprint density at radius 2 is 2.60 bits per heavy atom. The highest BCUT2D eigenvalue weighted by Gasteiger charge is 2.26. The second kappa shape index (κ2) is 2.81. The number of hydrogen-bond donors (Lipinski definition) is 1. The van der Waals surface area contributed by atoms with Gasteiger partial charge in [0.2, 0.25) is 6.29 Å². The summed E-state index contributed by atoms with van der Waals surface area (Å²) in [6.07, 6.45) is 0.286. The molecule has 0 radical (unpaired) electrons. The summed E-state index contributed by atoms with van der Waals surface area (Å²) >= 11 is 0. The number of ether oxygens (including phenoxy) is 2. The van der Waals surface area contributed by atoms with Crippen molar-refractivity contribution in [1.29, 1.82) is 0 Å². The van der Waals surface area contributed by atoms with Crippen molar-refractivity contribution in [2.75, 3.05) is 7.11 Å². The minimum Gasteiger partial charge on any atom is -0.459 e. The molecule has 2 unspecified atom stereocenters. The fourth-order valence-electron chi connectivity index (χ4n) is 0.745. The van der Waals surface area contributed by atoms with E-state index in [4.69, 9.17) is 9.84 Å². The number of methoxy groups -OCH3 is 1. The molecule has 0 saturated heterocycles. The van der Waals surface area contributed by atoms with Crippen molar-refractivity contribution in [2.24, 2.45) is 0 Å². The zero-order valence-electron chi connectivity index (χ0n) is 5.48. The van der Waals surface area contributed by atoms with Crippen molar-refractivity contribution in [3.63, 3.8) is 0 Å². The summed E-state index contributed by atoms with van der Waals surface area (Å²) < 4.78 is 9.47. The van der Waals surface area contributed by atoms with Gasteiger partial charge in [-0.25, -0.2) is 0 Å². The number of rotatable bonds is 2. The van der Waals surface area contributed by atoms with E-state index in [1.165, 1.54) is 13.2 Å². The Morgan fingerprint density at radius 3 is 2.90 bits per heavy atom. The first-order valence-electron chi connectivity index (χ1n) is 2.82. The summed E-state index contributed by atoms with van der Waals surface area (Å²) in [5.74, 6) is 0.124. The molecule has 0 amide bonds. The molecule has 2 atom stereocenters. The van der Waals surface area contributed by atoms with E-state index in [0.717, 1.165) is 0 Å². The third-order valence-corrected chi connectivity index (χ3v) is 1.21. The first kappa shape index (κ1) is 7.24. The average molecular weight is 144 g/mol. The topological polar surface area (TPSA) is 55.8 Å². The standard InChI is InChI=1S/C6H8O4/c1-9-6-5(8)2-4(3-7)10-6/h2-3,5-6,8H,1H3. The van der Waals surface area contributed by atoms with Crippen molar-refractivity contribution >= 4 is 6.29 Å². The van der Waals surface area contributed by atoms with Crippen molar-refractivity contribution in [1.82, 2.24) is 0 Å². The van der Waals surface area contributed by atoms with Gasteiger partial charge in [-0.1, -0.05) is 0 Å². The highest BCUT2D eigenvalue weighted by Crippen LogP contribution is 2.15. The van der Waals surface area contributed by atoms with Gasteiger partial charge in [0.1, 0.15) is 6.10 Å². The second-order valence-electron chi connectivity index (χ2n) is 1.90. The Kier molecular flexibility index (Phi) is 2.03. The van der Waals surface area contributed by atoms with E-state index in [1.54, 1.807) is 0 Å². The predicted molar refractivity (Wildman–Crippen MR) is 32.0 cm³/mol. The van der Waals surface area contributed by atoms with Crippen LogP contribution in [0.4, 0.5) is 0 Å². The number of aliphatic hydroxyl groups excluding tert-OH is 1. The van der Waals surface area contributed by atoms with Gasteiger partial charge < -0.3 is 14.6 Å². The molecule has 10 heavy (non-hydrogen) atoms. The van der Waals surface area contributed by atoms with Gasteiger partial charge in [-0.05, 0) is 6.08 Å². The lowest BCUT2D eigenvalue weighted by Gasteiger charge is -2.11. The monoisotopic (exact) mass is 144 g/mol. The molecule has 1 aliphatic rings. The largest absolute Gasteiger partial charge is 0.459 e. The Hall–Kier alpha value is -0.870. The molecule has 0 spiro atoms. The molecule has 4 nitrogen and oxygen atoms in total. The summed E-state index contributed by atoms with van der Waals surface area (Å²) in [6, 6.07) is 0. The van der Waals surface area contributed by atoms with Crippen LogP contribution in [0.15, 0.2) is 11.8 Å². The molecule has 1 heterocycles. The van der Waals surface area contributed by atoms with E-state index in [-0.39, 0.29) is 5.76 Å². The average Bonchev–Trinajstić information content (AvgIpc) is 2.30. The first-order valence-corrected chi connectivity index (χ1v) is 2.82. The summed E-state index contributed by atoms with van der Waals surface area (Å²) in [5, 5.41) is 9.01. The number of aldehydes is 1. The third kappa shape index (κ3) is 1.17. The maximum absolute atomic E-state index is 10.1. The summed E-state index contributed by atoms with van der Waals surface area (Å²) in [7, 11) is 1.40. The lowest BCUT2D eigenvalue weighted by molar-refractivity contribution is -0.133. The number of hydrogen-bond acceptors (Lipinski definition) is 4. The van der Waals surface area contributed by atoms with Gasteiger partial charge in [0, 0.05) is 7.11 Å². The maximum Gasteiger partial charge on any atom is 0.229 e. The van der Waals surface area contributed by atoms with Crippen LogP contribution in [0.3, 0.4) is 0 Å². The summed E-state index contributed by atoms with van der Waals surface area (Å²) in [6.45, 7) is 0. The molecule has 0 aromatic heterocycles. The smallest absolute Gasteiger partial charge is 0.229 e. The highest BCUT2D eigenvalue weighted by molar-refractivity contribution is 5.71. The molecular formula is C6H8O4. The molecule has 0 bridgehead atoms. The normalized spacial score (nSPS) is 31.2. The minimum absolute atomic E-state index is 0.124. The van der Waals surface area contributed by atoms with E-state index in [9.17, 15) is 4.79 Å². The van der Waals surface area contributed by atoms with Crippen LogP contribution in [0.1, 0.15) is 0 Å². The third-order valence-electron chi connectivity index (χ3n) is 1.21. The first-order chi connectivity index (χ1) is 4.77. The van der Waals surface area contributed by atoms with Gasteiger partial charge in [-0.2, -0.15) is 0 Å². The molecule has 1 N–H and O–H groups in total. The summed E-state index contributed by atoms with van der Waals surface area (Å²) in [4.78, 5) is 10.1. The van der Waals surface area contributed by atoms with Gasteiger partial charge in [-0.15, -0.1) is 0 Å². The van der Waals surface area contributed by atoms with Crippen LogP contribution >= 0.6 is 0 Å². The quantitative estimate of drug-likeness (QED) is 0.527. The highest BCUT2D eigenvalue weighted by atomic mass is 16.7. The van der Waals surface area contributed by atoms with Crippen molar-refractivity contribution < 1.29 is 19.4 Å². The van der Waals surface area contributed by atoms with Gasteiger partial charge >= 0.3 is 0 Å². The SMILES string of the molecule is COC1OC(C=O)=CC1O. The van der Waals surface area contributed by atoms with Crippen molar-refractivity contribution in [3.8, 4) is 0 Å². The van der Waals surface area contributed by atoms with Gasteiger partial charge in [-0.3, -0.25) is 4.79 Å². The van der Waals surface area contributed by atoms with E-state index >= 15 is 0 Å². The fraction of sp³-hybridized carbons (Fsp3) is 0.500. The number of aliphatic hydroxyl groups is 1. The van der Waals surface area contributed by atoms with E-state index in [1.807, 2.05) is 0 Å². The van der Waals surface area contributed by atoms with Crippen LogP contribution in [-0.2, 0) is 14.3 Å². The number of carbonyl (C=O) groups is 1. The molecule has 0 saturated carbocycles. The van der Waals surface area contributed by atoms with Crippen LogP contribution in [0.25, 0.3) is 0 Å². The molecular weight excluding hydrogens is 136 g/mol. The van der Waals surface area contributed by atoms with E-state index in [0.29, 0.717) is 6.29 Å². The predicted octanol–water partition coefficient (Wildman–Crippen LogP) is -0.567. The van der Waals surface area contributed by atoms with Gasteiger partial charge in [0.25, 0.3) is 0 Å². The minimum atomic E-state index is -0.829. The Bertz CT molecular complexity index is 163. The lowest BCUT2D eigenvalue weighted by Crippen LogP contribution is -2.23. The van der Waals surface area contributed by atoms with Crippen molar-refractivity contribution in [3.05, 3.63) is 11.8 Å². The number of allylic oxidation sites excluding steroid dienone is 1. The molecule has 0 aliphatic carbocycles. The molecule has 1 aliphatic heterocycles. The molecule has 4 heteroatoms. The van der Waals surface area contributed by atoms with Gasteiger partial charge in [0.15, 0.2) is 12.0 Å². The molecule has 0 aromatic rings. The molecule has 56 valence electrons. The fourth-order valence-corrected chi connectivity index (χ4v) is 0.745. The molecule has 1 rings (SSSR count). The van der Waals surface area contributed by atoms with E-state index < -0.39 is 12.4 Å². The van der Waals surface area contributed by atoms with Crippen LogP contribution < -0.4 is 0 Å². The maximum atomic E-state index is 10.1. The Morgan fingerprint density at radius 1 is 1.90 bits per heavy atom. The molecule has 0 fully saturated rings. The zero-order chi connectivity index (χ0) is 7.56. The summed E-state index contributed by atoms with van der Waals surface area (Å²) in [5.41, 5.74) is 0. The second-order valence-corrected chi connectivity index (χ2v) is 1.90. The lowest BCUT2D eigenvalue weighted by atomic mass is 10.3. The van der Waals surface area contributed by atoms with Gasteiger partial charge in [0.05, 0.1) is 0 Å². The Balaban J connectivity index is 2.56. The van der Waals surface area contributed by atoms with E-state index in [2.05, 4.69) is 4.74 Å². The van der Waals surface area contributed by atoms with Crippen molar-refractivity contribution in [2.45, 2.75) is 12.4 Å². The van der Waals surface area contributed by atoms with Crippen LogP contribution in [-0.4, -0.2) is 30.9 Å².